The molecule has 2 saturated carbocycles. The third kappa shape index (κ3) is 4.97. The summed E-state index contributed by atoms with van der Waals surface area (Å²) in [5.74, 6) is 3.91. The summed E-state index contributed by atoms with van der Waals surface area (Å²) in [4.78, 5) is 0. The zero-order chi connectivity index (χ0) is 13.5. The second kappa shape index (κ2) is 8.12. The Balaban J connectivity index is 1.66. The van der Waals surface area contributed by atoms with Crippen LogP contribution in [0.1, 0.15) is 84.5 Å². The van der Waals surface area contributed by atoms with Gasteiger partial charge in [-0.2, -0.15) is 0 Å². The van der Waals surface area contributed by atoms with Crippen LogP contribution in [-0.4, -0.2) is 0 Å². The molecule has 0 heteroatoms. The lowest BCUT2D eigenvalue weighted by Crippen LogP contribution is -2.14. The fourth-order valence-corrected chi connectivity index (χ4v) is 4.18. The van der Waals surface area contributed by atoms with Crippen molar-refractivity contribution in [3.05, 3.63) is 12.2 Å². The van der Waals surface area contributed by atoms with Gasteiger partial charge in [0.2, 0.25) is 0 Å². The van der Waals surface area contributed by atoms with Crippen LogP contribution in [-0.2, 0) is 0 Å². The maximum atomic E-state index is 2.60. The molecule has 110 valence electrons. The molecule has 2 aliphatic rings. The first-order valence-corrected chi connectivity index (χ1v) is 9.00. The minimum absolute atomic E-state index is 0.913. The van der Waals surface area contributed by atoms with E-state index in [4.69, 9.17) is 0 Å². The summed E-state index contributed by atoms with van der Waals surface area (Å²) in [6.45, 7) is 4.69. The molecule has 0 aliphatic heterocycles. The summed E-state index contributed by atoms with van der Waals surface area (Å²) >= 11 is 0. The highest BCUT2D eigenvalue weighted by molar-refractivity contribution is 4.96. The lowest BCUT2D eigenvalue weighted by Gasteiger charge is -2.28. The first-order chi connectivity index (χ1) is 9.31. The van der Waals surface area contributed by atoms with Crippen molar-refractivity contribution >= 4 is 0 Å². The normalized spacial score (nSPS) is 36.7. The van der Waals surface area contributed by atoms with Crippen LogP contribution in [0.2, 0.25) is 0 Å². The largest absolute Gasteiger partial charge is 0.0851 e. The smallest absolute Gasteiger partial charge is 0.0233 e. The van der Waals surface area contributed by atoms with Gasteiger partial charge in [0.1, 0.15) is 0 Å². The maximum Gasteiger partial charge on any atom is -0.0233 e. The van der Waals surface area contributed by atoms with Crippen LogP contribution >= 0.6 is 0 Å². The second-order valence-corrected chi connectivity index (χ2v) is 7.14. The van der Waals surface area contributed by atoms with E-state index in [1.165, 1.54) is 70.6 Å². The van der Waals surface area contributed by atoms with Crippen molar-refractivity contribution in [1.29, 1.82) is 0 Å². The Morgan fingerprint density at radius 3 is 1.58 bits per heavy atom. The topological polar surface area (TPSA) is 0 Å². The highest BCUT2D eigenvalue weighted by atomic mass is 14.3. The summed E-state index contributed by atoms with van der Waals surface area (Å²) in [6, 6.07) is 0. The van der Waals surface area contributed by atoms with E-state index < -0.39 is 0 Å². The monoisotopic (exact) mass is 262 g/mol. The molecule has 0 heterocycles. The van der Waals surface area contributed by atoms with Gasteiger partial charge in [-0.05, 0) is 75.0 Å². The van der Waals surface area contributed by atoms with Crippen molar-refractivity contribution in [2.24, 2.45) is 23.7 Å². The molecular weight excluding hydrogens is 228 g/mol. The molecule has 0 aromatic carbocycles. The lowest BCUT2D eigenvalue weighted by molar-refractivity contribution is 0.287. The van der Waals surface area contributed by atoms with Crippen molar-refractivity contribution in [2.75, 3.05) is 0 Å². The van der Waals surface area contributed by atoms with Gasteiger partial charge in [-0.1, -0.05) is 45.3 Å². The van der Waals surface area contributed by atoms with E-state index in [0.717, 1.165) is 23.7 Å². The molecule has 0 unspecified atom stereocenters. The number of hydrogen-bond donors (Lipinski definition) is 0. The predicted octanol–water partition coefficient (Wildman–Crippen LogP) is 6.37. The van der Waals surface area contributed by atoms with Crippen molar-refractivity contribution in [3.63, 3.8) is 0 Å². The van der Waals surface area contributed by atoms with Gasteiger partial charge < -0.3 is 0 Å². The highest BCUT2D eigenvalue weighted by Gasteiger charge is 2.20. The van der Waals surface area contributed by atoms with E-state index in [2.05, 4.69) is 26.0 Å². The molecule has 2 rings (SSSR count). The molecule has 0 aromatic heterocycles. The van der Waals surface area contributed by atoms with E-state index in [9.17, 15) is 0 Å². The zero-order valence-corrected chi connectivity index (χ0v) is 13.2. The van der Waals surface area contributed by atoms with Gasteiger partial charge in [0.05, 0.1) is 0 Å². The zero-order valence-electron chi connectivity index (χ0n) is 13.2. The second-order valence-electron chi connectivity index (χ2n) is 7.14. The molecule has 0 bridgehead atoms. The Labute approximate surface area is 121 Å². The Hall–Kier alpha value is -0.260. The molecule has 0 radical (unpaired) electrons. The minimum Gasteiger partial charge on any atom is -0.0851 e. The number of allylic oxidation sites excluding steroid dienone is 2. The summed E-state index contributed by atoms with van der Waals surface area (Å²) in [5, 5.41) is 0. The Morgan fingerprint density at radius 2 is 1.16 bits per heavy atom. The number of rotatable bonds is 5. The quantitative estimate of drug-likeness (QED) is 0.505. The first-order valence-electron chi connectivity index (χ1n) is 9.00. The van der Waals surface area contributed by atoms with Crippen molar-refractivity contribution < 1.29 is 0 Å². The molecule has 0 spiro atoms. The molecule has 0 aromatic rings. The molecule has 0 amide bonds. The summed E-state index contributed by atoms with van der Waals surface area (Å²) in [7, 11) is 0. The van der Waals surface area contributed by atoms with Crippen LogP contribution in [0.3, 0.4) is 0 Å². The van der Waals surface area contributed by atoms with E-state index >= 15 is 0 Å². The van der Waals surface area contributed by atoms with E-state index in [-0.39, 0.29) is 0 Å². The van der Waals surface area contributed by atoms with Gasteiger partial charge in [-0.15, -0.1) is 0 Å². The molecule has 2 fully saturated rings. The molecule has 0 nitrogen and oxygen atoms in total. The van der Waals surface area contributed by atoms with Crippen LogP contribution in [0.25, 0.3) is 0 Å². The molecule has 0 saturated heterocycles. The minimum atomic E-state index is 0.913. The van der Waals surface area contributed by atoms with Crippen LogP contribution < -0.4 is 0 Å². The van der Waals surface area contributed by atoms with Gasteiger partial charge in [0, 0.05) is 0 Å². The average Bonchev–Trinajstić information content (AvgIpc) is 2.47. The van der Waals surface area contributed by atoms with Gasteiger partial charge in [0.15, 0.2) is 0 Å². The Kier molecular flexibility index (Phi) is 6.47. The maximum absolute atomic E-state index is 2.60. The van der Waals surface area contributed by atoms with Gasteiger partial charge >= 0.3 is 0 Å². The third-order valence-electron chi connectivity index (χ3n) is 5.71. The molecule has 0 atom stereocenters. The van der Waals surface area contributed by atoms with Crippen molar-refractivity contribution in [3.8, 4) is 0 Å². The molecule has 2 aliphatic carbocycles. The van der Waals surface area contributed by atoms with Crippen LogP contribution in [0.4, 0.5) is 0 Å². The van der Waals surface area contributed by atoms with Crippen molar-refractivity contribution in [1.82, 2.24) is 0 Å². The van der Waals surface area contributed by atoms with Gasteiger partial charge in [-0.3, -0.25) is 0 Å². The van der Waals surface area contributed by atoms with Crippen LogP contribution in [0, 0.1) is 23.7 Å². The van der Waals surface area contributed by atoms with E-state index in [1.807, 2.05) is 0 Å². The summed E-state index contributed by atoms with van der Waals surface area (Å²) in [6.07, 6.45) is 21.2. The molecule has 0 N–H and O–H groups in total. The fraction of sp³-hybridized carbons (Fsp3) is 0.895. The molecule has 19 heavy (non-hydrogen) atoms. The number of hydrogen-bond acceptors (Lipinski definition) is 0. The summed E-state index contributed by atoms with van der Waals surface area (Å²) < 4.78 is 0. The van der Waals surface area contributed by atoms with E-state index in [0.29, 0.717) is 0 Å². The third-order valence-corrected chi connectivity index (χ3v) is 5.71. The van der Waals surface area contributed by atoms with Crippen molar-refractivity contribution in [2.45, 2.75) is 84.5 Å². The van der Waals surface area contributed by atoms with Gasteiger partial charge in [0.25, 0.3) is 0 Å². The van der Waals surface area contributed by atoms with Crippen LogP contribution in [0.15, 0.2) is 12.2 Å². The lowest BCUT2D eigenvalue weighted by atomic mass is 9.78. The molecular formula is C19H34. The Morgan fingerprint density at radius 1 is 0.684 bits per heavy atom. The Bertz CT molecular complexity index is 249. The average molecular weight is 262 g/mol. The standard InChI is InChI=1S/C19H34/c1-3-5-17-10-12-19(13-11-17)15-14-18-8-6-16(4-2)7-9-18/h14-19H,3-13H2,1-2H3. The fourth-order valence-electron chi connectivity index (χ4n) is 4.18. The SMILES string of the molecule is CCCC1CCC(C=CC2CCC(CC)CC2)CC1. The van der Waals surface area contributed by atoms with E-state index in [1.54, 1.807) is 0 Å². The highest BCUT2D eigenvalue weighted by Crippen LogP contribution is 2.34. The predicted molar refractivity (Wildman–Crippen MR) is 85.2 cm³/mol. The van der Waals surface area contributed by atoms with Gasteiger partial charge in [-0.25, -0.2) is 0 Å². The summed E-state index contributed by atoms with van der Waals surface area (Å²) in [5.41, 5.74) is 0. The van der Waals surface area contributed by atoms with Crippen LogP contribution in [0.5, 0.6) is 0 Å². The first kappa shape index (κ1) is 15.1.